The predicted molar refractivity (Wildman–Crippen MR) is 78.7 cm³/mol. The van der Waals surface area contributed by atoms with Crippen molar-refractivity contribution in [3.8, 4) is 5.75 Å². The molecule has 0 saturated carbocycles. The number of rotatable bonds is 8. The number of carbonyl (C=O) groups is 1. The van der Waals surface area contributed by atoms with Gasteiger partial charge in [0.05, 0.1) is 5.69 Å². The molecule has 118 valence electrons. The molecule has 1 aromatic rings. The minimum atomic E-state index is -2.90. The lowest BCUT2D eigenvalue weighted by Gasteiger charge is -2.20. The average Bonchev–Trinajstić information content (AvgIpc) is 2.40. The molecular weight excluding hydrogens is 278 g/mol. The monoisotopic (exact) mass is 300 g/mol. The number of anilines is 1. The number of hydrogen-bond donors (Lipinski definition) is 2. The van der Waals surface area contributed by atoms with Crippen molar-refractivity contribution in [2.45, 2.75) is 52.3 Å². The maximum Gasteiger partial charge on any atom is 0.387 e. The number of benzene rings is 1. The van der Waals surface area contributed by atoms with E-state index in [1.54, 1.807) is 25.1 Å². The largest absolute Gasteiger partial charge is 0.433 e. The minimum Gasteiger partial charge on any atom is -0.433 e. The Hall–Kier alpha value is -1.85. The number of halogens is 2. The van der Waals surface area contributed by atoms with Crippen LogP contribution in [0.3, 0.4) is 0 Å². The second-order valence-electron chi connectivity index (χ2n) is 4.94. The second-order valence-corrected chi connectivity index (χ2v) is 4.94. The van der Waals surface area contributed by atoms with E-state index >= 15 is 0 Å². The fraction of sp³-hybridized carbons (Fsp3) is 0.533. The van der Waals surface area contributed by atoms with Crippen LogP contribution in [-0.4, -0.2) is 24.6 Å². The molecule has 1 aromatic carbocycles. The van der Waals surface area contributed by atoms with E-state index in [2.05, 4.69) is 15.4 Å². The summed E-state index contributed by atoms with van der Waals surface area (Å²) < 4.78 is 29.1. The van der Waals surface area contributed by atoms with Gasteiger partial charge in [0.1, 0.15) is 11.8 Å². The van der Waals surface area contributed by atoms with Gasteiger partial charge in [-0.1, -0.05) is 25.5 Å². The van der Waals surface area contributed by atoms with Crippen molar-refractivity contribution in [1.82, 2.24) is 5.32 Å². The van der Waals surface area contributed by atoms with Gasteiger partial charge < -0.3 is 15.4 Å². The van der Waals surface area contributed by atoms with Gasteiger partial charge in [-0.2, -0.15) is 8.78 Å². The Morgan fingerprint density at radius 3 is 2.57 bits per heavy atom. The van der Waals surface area contributed by atoms with Gasteiger partial charge in [-0.05, 0) is 32.4 Å². The van der Waals surface area contributed by atoms with Crippen LogP contribution in [0.15, 0.2) is 24.3 Å². The van der Waals surface area contributed by atoms with Crippen molar-refractivity contribution < 1.29 is 18.3 Å². The lowest BCUT2D eigenvalue weighted by molar-refractivity contribution is -0.122. The first-order chi connectivity index (χ1) is 9.93. The first-order valence-electron chi connectivity index (χ1n) is 7.04. The van der Waals surface area contributed by atoms with E-state index in [1.165, 1.54) is 6.07 Å². The third-order valence-electron chi connectivity index (χ3n) is 2.98. The number of hydrogen-bond acceptors (Lipinski definition) is 3. The summed E-state index contributed by atoms with van der Waals surface area (Å²) in [5.74, 6) is -0.156. The fourth-order valence-electron chi connectivity index (χ4n) is 1.96. The Morgan fingerprint density at radius 1 is 1.29 bits per heavy atom. The molecule has 0 spiro atoms. The molecule has 0 fully saturated rings. The Balaban J connectivity index is 2.65. The topological polar surface area (TPSA) is 50.4 Å². The highest BCUT2D eigenvalue weighted by atomic mass is 19.3. The van der Waals surface area contributed by atoms with Crippen LogP contribution in [0.1, 0.15) is 33.6 Å². The molecule has 6 heteroatoms. The highest BCUT2D eigenvalue weighted by molar-refractivity contribution is 5.84. The number of amides is 1. The van der Waals surface area contributed by atoms with Crippen LogP contribution < -0.4 is 15.4 Å². The zero-order valence-electron chi connectivity index (χ0n) is 12.5. The quantitative estimate of drug-likeness (QED) is 0.773. The van der Waals surface area contributed by atoms with E-state index in [9.17, 15) is 13.6 Å². The zero-order valence-corrected chi connectivity index (χ0v) is 12.5. The smallest absolute Gasteiger partial charge is 0.387 e. The number of alkyl halides is 2. The summed E-state index contributed by atoms with van der Waals surface area (Å²) in [4.78, 5) is 12.0. The SMILES string of the molecule is CCCC(C)NC(=O)C(C)Nc1ccccc1OC(F)F. The highest BCUT2D eigenvalue weighted by Gasteiger charge is 2.17. The molecule has 4 nitrogen and oxygen atoms in total. The molecule has 1 amide bonds. The summed E-state index contributed by atoms with van der Waals surface area (Å²) in [7, 11) is 0. The molecule has 0 bridgehead atoms. The summed E-state index contributed by atoms with van der Waals surface area (Å²) in [6.45, 7) is 2.75. The zero-order chi connectivity index (χ0) is 15.8. The molecule has 0 aliphatic carbocycles. The average molecular weight is 300 g/mol. The van der Waals surface area contributed by atoms with Crippen molar-refractivity contribution in [3.63, 3.8) is 0 Å². The van der Waals surface area contributed by atoms with Crippen LogP contribution in [0.4, 0.5) is 14.5 Å². The second kappa shape index (κ2) is 8.44. The standard InChI is InChI=1S/C15H22F2N2O2/c1-4-7-10(2)18-14(20)11(3)19-12-8-5-6-9-13(12)21-15(16)17/h5-6,8-11,15,19H,4,7H2,1-3H3,(H,18,20). The van der Waals surface area contributed by atoms with E-state index in [0.717, 1.165) is 12.8 Å². The van der Waals surface area contributed by atoms with Crippen molar-refractivity contribution in [1.29, 1.82) is 0 Å². The van der Waals surface area contributed by atoms with Gasteiger partial charge in [0, 0.05) is 6.04 Å². The number of carbonyl (C=O) groups excluding carboxylic acids is 1. The normalized spacial score (nSPS) is 13.6. The molecule has 0 aromatic heterocycles. The molecule has 0 aliphatic heterocycles. The van der Waals surface area contributed by atoms with Crippen LogP contribution in [0, 0.1) is 0 Å². The van der Waals surface area contributed by atoms with E-state index in [0.29, 0.717) is 5.69 Å². The molecule has 0 aliphatic rings. The molecule has 1 rings (SSSR count). The van der Waals surface area contributed by atoms with Crippen LogP contribution in [0.2, 0.25) is 0 Å². The van der Waals surface area contributed by atoms with Gasteiger partial charge in [0.25, 0.3) is 0 Å². The summed E-state index contributed by atoms with van der Waals surface area (Å²) in [5, 5.41) is 5.76. The molecule has 0 heterocycles. The van der Waals surface area contributed by atoms with Crippen molar-refractivity contribution in [2.75, 3.05) is 5.32 Å². The van der Waals surface area contributed by atoms with Crippen LogP contribution in [0.25, 0.3) is 0 Å². The van der Waals surface area contributed by atoms with Crippen molar-refractivity contribution >= 4 is 11.6 Å². The third kappa shape index (κ3) is 5.97. The van der Waals surface area contributed by atoms with E-state index < -0.39 is 12.7 Å². The molecule has 2 atom stereocenters. The first kappa shape index (κ1) is 17.2. The summed E-state index contributed by atoms with van der Waals surface area (Å²) >= 11 is 0. The summed E-state index contributed by atoms with van der Waals surface area (Å²) in [5.41, 5.74) is 0.364. The van der Waals surface area contributed by atoms with Gasteiger partial charge in [-0.15, -0.1) is 0 Å². The Kier molecular flexibility index (Phi) is 6.91. The lowest BCUT2D eigenvalue weighted by atomic mass is 10.2. The molecule has 21 heavy (non-hydrogen) atoms. The van der Waals surface area contributed by atoms with Crippen LogP contribution in [0.5, 0.6) is 5.75 Å². The molecule has 2 unspecified atom stereocenters. The maximum atomic E-state index is 12.3. The maximum absolute atomic E-state index is 12.3. The Morgan fingerprint density at radius 2 is 1.95 bits per heavy atom. The van der Waals surface area contributed by atoms with Crippen molar-refractivity contribution in [2.24, 2.45) is 0 Å². The van der Waals surface area contributed by atoms with Gasteiger partial charge in [0.2, 0.25) is 5.91 Å². The molecule has 0 saturated heterocycles. The third-order valence-corrected chi connectivity index (χ3v) is 2.98. The van der Waals surface area contributed by atoms with E-state index in [4.69, 9.17) is 0 Å². The van der Waals surface area contributed by atoms with Crippen molar-refractivity contribution in [3.05, 3.63) is 24.3 Å². The van der Waals surface area contributed by atoms with Gasteiger partial charge in [0.15, 0.2) is 0 Å². The van der Waals surface area contributed by atoms with Gasteiger partial charge in [-0.25, -0.2) is 0 Å². The Labute approximate surface area is 123 Å². The summed E-state index contributed by atoms with van der Waals surface area (Å²) in [6, 6.07) is 5.84. The Bertz CT molecular complexity index is 455. The predicted octanol–water partition coefficient (Wildman–Crippen LogP) is 3.39. The number of ether oxygens (including phenoxy) is 1. The number of nitrogens with one attached hydrogen (secondary N) is 2. The molecular formula is C15H22F2N2O2. The van der Waals surface area contributed by atoms with E-state index in [1.807, 2.05) is 13.8 Å². The summed E-state index contributed by atoms with van der Waals surface area (Å²) in [6.07, 6.45) is 1.87. The highest BCUT2D eigenvalue weighted by Crippen LogP contribution is 2.26. The number of para-hydroxylation sites is 2. The van der Waals surface area contributed by atoms with Crippen LogP contribution in [-0.2, 0) is 4.79 Å². The van der Waals surface area contributed by atoms with Crippen LogP contribution >= 0.6 is 0 Å². The lowest BCUT2D eigenvalue weighted by Crippen LogP contribution is -2.42. The first-order valence-corrected chi connectivity index (χ1v) is 7.04. The minimum absolute atomic E-state index is 0.0220. The van der Waals surface area contributed by atoms with Gasteiger partial charge >= 0.3 is 6.61 Å². The van der Waals surface area contributed by atoms with Gasteiger partial charge in [-0.3, -0.25) is 4.79 Å². The molecule has 0 radical (unpaired) electrons. The van der Waals surface area contributed by atoms with E-state index in [-0.39, 0.29) is 17.7 Å². The molecule has 2 N–H and O–H groups in total. The fourth-order valence-corrected chi connectivity index (χ4v) is 1.96.